The lowest BCUT2D eigenvalue weighted by atomic mass is 10.00. The van der Waals surface area contributed by atoms with Gasteiger partial charge in [-0.1, -0.05) is 0 Å². The van der Waals surface area contributed by atoms with E-state index >= 15 is 0 Å². The minimum atomic E-state index is 0.00229. The van der Waals surface area contributed by atoms with Crippen molar-refractivity contribution in [3.8, 4) is 0 Å². The molecule has 0 aromatic rings. The Bertz CT molecular complexity index is 235. The van der Waals surface area contributed by atoms with Crippen LogP contribution in [0.1, 0.15) is 25.7 Å². The Balaban J connectivity index is 1.59. The van der Waals surface area contributed by atoms with E-state index in [2.05, 4.69) is 21.3 Å². The van der Waals surface area contributed by atoms with Crippen molar-refractivity contribution in [2.24, 2.45) is 5.92 Å². The smallest absolute Gasteiger partial charge is 0.315 e. The number of hydrogen-bond acceptors (Lipinski definition) is 3. The Labute approximate surface area is 103 Å². The monoisotopic (exact) mass is 240 g/mol. The Kier molecular flexibility index (Phi) is 5.07. The van der Waals surface area contributed by atoms with Gasteiger partial charge in [-0.05, 0) is 57.8 Å². The van der Waals surface area contributed by atoms with Gasteiger partial charge in [0.05, 0.1) is 0 Å². The topological polar surface area (TPSA) is 65.2 Å². The van der Waals surface area contributed by atoms with Crippen LogP contribution in [0.3, 0.4) is 0 Å². The second kappa shape index (κ2) is 6.81. The molecule has 2 aliphatic heterocycles. The summed E-state index contributed by atoms with van der Waals surface area (Å²) in [4.78, 5) is 11.7. The van der Waals surface area contributed by atoms with Gasteiger partial charge in [0.1, 0.15) is 0 Å². The van der Waals surface area contributed by atoms with Crippen LogP contribution in [0.15, 0.2) is 0 Å². The summed E-state index contributed by atoms with van der Waals surface area (Å²) in [5, 5.41) is 12.7. The summed E-state index contributed by atoms with van der Waals surface area (Å²) < 4.78 is 0. The lowest BCUT2D eigenvalue weighted by Gasteiger charge is -2.26. The van der Waals surface area contributed by atoms with Crippen LogP contribution < -0.4 is 21.3 Å². The largest absolute Gasteiger partial charge is 0.338 e. The van der Waals surface area contributed by atoms with Gasteiger partial charge >= 0.3 is 6.03 Å². The first-order chi connectivity index (χ1) is 8.34. The molecule has 17 heavy (non-hydrogen) atoms. The molecule has 5 nitrogen and oxygen atoms in total. The maximum absolute atomic E-state index is 11.7. The molecule has 1 atom stereocenters. The average Bonchev–Trinajstić information content (AvgIpc) is 2.39. The molecular formula is C12H24N4O. The zero-order valence-electron chi connectivity index (χ0n) is 10.4. The summed E-state index contributed by atoms with van der Waals surface area (Å²) in [6.07, 6.45) is 4.53. The molecule has 98 valence electrons. The SMILES string of the molecule is O=C(NCC1CCCNC1)NC1CCNCC1. The summed E-state index contributed by atoms with van der Waals surface area (Å²) in [6, 6.07) is 0.350. The number of nitrogens with one attached hydrogen (secondary N) is 4. The van der Waals surface area contributed by atoms with Crippen LogP contribution in [0.4, 0.5) is 4.79 Å². The molecule has 2 aliphatic rings. The van der Waals surface area contributed by atoms with Gasteiger partial charge < -0.3 is 21.3 Å². The maximum atomic E-state index is 11.7. The van der Waals surface area contributed by atoms with Crippen LogP contribution >= 0.6 is 0 Å². The molecule has 5 heteroatoms. The van der Waals surface area contributed by atoms with Crippen molar-refractivity contribution in [2.45, 2.75) is 31.7 Å². The van der Waals surface area contributed by atoms with Gasteiger partial charge in [-0.15, -0.1) is 0 Å². The lowest BCUT2D eigenvalue weighted by molar-refractivity contribution is 0.230. The first kappa shape index (κ1) is 12.6. The standard InChI is InChI=1S/C12H24N4O/c17-12(16-11-3-6-13-7-4-11)15-9-10-2-1-5-14-8-10/h10-11,13-14H,1-9H2,(H2,15,16,17). The molecule has 0 aromatic heterocycles. The van der Waals surface area contributed by atoms with E-state index in [1.54, 1.807) is 0 Å². The number of carbonyl (C=O) groups excluding carboxylic acids is 1. The third-order valence-corrected chi connectivity index (χ3v) is 3.62. The molecule has 4 N–H and O–H groups in total. The summed E-state index contributed by atoms with van der Waals surface area (Å²) >= 11 is 0. The quantitative estimate of drug-likeness (QED) is 0.563. The molecule has 2 amide bonds. The molecule has 0 saturated carbocycles. The second-order valence-electron chi connectivity index (χ2n) is 5.09. The Hall–Kier alpha value is -0.810. The van der Waals surface area contributed by atoms with E-state index in [1.807, 2.05) is 0 Å². The summed E-state index contributed by atoms with van der Waals surface area (Å²) in [6.45, 7) is 4.98. The normalized spacial score (nSPS) is 26.5. The predicted molar refractivity (Wildman–Crippen MR) is 68.0 cm³/mol. The van der Waals surface area contributed by atoms with E-state index in [9.17, 15) is 4.79 Å². The van der Waals surface area contributed by atoms with Gasteiger partial charge in [-0.25, -0.2) is 4.79 Å². The van der Waals surface area contributed by atoms with Gasteiger partial charge in [-0.3, -0.25) is 0 Å². The fourth-order valence-electron chi connectivity index (χ4n) is 2.54. The van der Waals surface area contributed by atoms with Gasteiger partial charge in [0.15, 0.2) is 0 Å². The molecule has 0 radical (unpaired) electrons. The third kappa shape index (κ3) is 4.52. The van der Waals surface area contributed by atoms with E-state index in [1.165, 1.54) is 12.8 Å². The molecule has 0 bridgehead atoms. The van der Waals surface area contributed by atoms with Crippen molar-refractivity contribution in [3.63, 3.8) is 0 Å². The van der Waals surface area contributed by atoms with Crippen LogP contribution in [-0.4, -0.2) is 44.8 Å². The van der Waals surface area contributed by atoms with Crippen molar-refractivity contribution < 1.29 is 4.79 Å². The molecule has 0 aromatic carbocycles. The van der Waals surface area contributed by atoms with Crippen molar-refractivity contribution in [1.29, 1.82) is 0 Å². The van der Waals surface area contributed by atoms with Crippen molar-refractivity contribution >= 4 is 6.03 Å². The van der Waals surface area contributed by atoms with Crippen LogP contribution in [-0.2, 0) is 0 Å². The number of hydrogen-bond donors (Lipinski definition) is 4. The van der Waals surface area contributed by atoms with Crippen LogP contribution in [0.5, 0.6) is 0 Å². The minimum Gasteiger partial charge on any atom is -0.338 e. The fourth-order valence-corrected chi connectivity index (χ4v) is 2.54. The van der Waals surface area contributed by atoms with Crippen molar-refractivity contribution in [1.82, 2.24) is 21.3 Å². The summed E-state index contributed by atoms with van der Waals surface area (Å²) in [5.74, 6) is 0.600. The Morgan fingerprint density at radius 3 is 2.65 bits per heavy atom. The highest BCUT2D eigenvalue weighted by Gasteiger charge is 2.17. The van der Waals surface area contributed by atoms with Crippen LogP contribution in [0.2, 0.25) is 0 Å². The van der Waals surface area contributed by atoms with Gasteiger partial charge in [-0.2, -0.15) is 0 Å². The highest BCUT2D eigenvalue weighted by atomic mass is 16.2. The van der Waals surface area contributed by atoms with Crippen molar-refractivity contribution in [3.05, 3.63) is 0 Å². The Morgan fingerprint density at radius 1 is 1.12 bits per heavy atom. The maximum Gasteiger partial charge on any atom is 0.315 e. The van der Waals surface area contributed by atoms with Gasteiger partial charge in [0, 0.05) is 12.6 Å². The number of urea groups is 1. The van der Waals surface area contributed by atoms with Gasteiger partial charge in [0.2, 0.25) is 0 Å². The number of rotatable bonds is 3. The van der Waals surface area contributed by atoms with E-state index < -0.39 is 0 Å². The lowest BCUT2D eigenvalue weighted by Crippen LogP contribution is -2.48. The predicted octanol–water partition coefficient (Wildman–Crippen LogP) is 0.0372. The van der Waals surface area contributed by atoms with E-state index in [0.717, 1.165) is 45.6 Å². The molecule has 0 aliphatic carbocycles. The van der Waals surface area contributed by atoms with E-state index in [4.69, 9.17) is 0 Å². The van der Waals surface area contributed by atoms with E-state index in [-0.39, 0.29) is 6.03 Å². The number of amides is 2. The second-order valence-corrected chi connectivity index (χ2v) is 5.09. The first-order valence-electron chi connectivity index (χ1n) is 6.80. The summed E-state index contributed by atoms with van der Waals surface area (Å²) in [5.41, 5.74) is 0. The highest BCUT2D eigenvalue weighted by molar-refractivity contribution is 5.74. The Morgan fingerprint density at radius 2 is 1.94 bits per heavy atom. The van der Waals surface area contributed by atoms with E-state index in [0.29, 0.717) is 12.0 Å². The summed E-state index contributed by atoms with van der Waals surface area (Å²) in [7, 11) is 0. The molecule has 2 fully saturated rings. The number of carbonyl (C=O) groups is 1. The molecule has 2 heterocycles. The van der Waals surface area contributed by atoms with Gasteiger partial charge in [0.25, 0.3) is 0 Å². The number of piperidine rings is 2. The molecule has 2 rings (SSSR count). The highest BCUT2D eigenvalue weighted by Crippen LogP contribution is 2.08. The molecule has 0 spiro atoms. The van der Waals surface area contributed by atoms with Crippen LogP contribution in [0.25, 0.3) is 0 Å². The van der Waals surface area contributed by atoms with Crippen molar-refractivity contribution in [2.75, 3.05) is 32.7 Å². The third-order valence-electron chi connectivity index (χ3n) is 3.62. The first-order valence-corrected chi connectivity index (χ1v) is 6.80. The minimum absolute atomic E-state index is 0.00229. The van der Waals surface area contributed by atoms with Crippen LogP contribution in [0, 0.1) is 5.92 Å². The zero-order chi connectivity index (χ0) is 11.9. The molecule has 1 unspecified atom stereocenters. The molecular weight excluding hydrogens is 216 g/mol. The zero-order valence-corrected chi connectivity index (χ0v) is 10.4. The molecule has 2 saturated heterocycles. The fraction of sp³-hybridized carbons (Fsp3) is 0.917. The average molecular weight is 240 g/mol.